The van der Waals surface area contributed by atoms with Crippen LogP contribution in [-0.2, 0) is 17.7 Å². The van der Waals surface area contributed by atoms with Crippen LogP contribution in [0.2, 0.25) is 0 Å². The zero-order valence-corrected chi connectivity index (χ0v) is 8.72. The van der Waals surface area contributed by atoms with Crippen molar-refractivity contribution in [3.8, 4) is 0 Å². The first kappa shape index (κ1) is 9.30. The molecule has 0 aromatic carbocycles. The molecule has 2 aliphatic rings. The molecule has 1 fully saturated rings. The average molecular weight is 208 g/mol. The lowest BCUT2D eigenvalue weighted by molar-refractivity contribution is 0.105. The molecule has 0 amide bonds. The van der Waals surface area contributed by atoms with Crippen molar-refractivity contribution in [1.29, 1.82) is 0 Å². The van der Waals surface area contributed by atoms with Gasteiger partial charge in [-0.3, -0.25) is 0 Å². The molecular weight excluding hydrogens is 192 g/mol. The van der Waals surface area contributed by atoms with Crippen LogP contribution in [-0.4, -0.2) is 27.4 Å². The van der Waals surface area contributed by atoms with Gasteiger partial charge in [-0.05, 0) is 19.3 Å². The lowest BCUT2D eigenvalue weighted by Gasteiger charge is -2.17. The standard InChI is InChI=1S/C10H16N4O/c11-7-3-4-14-9(6-7)12-10(13-14)8-2-1-5-15-8/h7-8H,1-6,11H2. The molecule has 0 spiro atoms. The van der Waals surface area contributed by atoms with E-state index in [9.17, 15) is 0 Å². The number of fused-ring (bicyclic) bond motifs is 1. The first-order valence-corrected chi connectivity index (χ1v) is 5.64. The molecule has 0 saturated carbocycles. The smallest absolute Gasteiger partial charge is 0.179 e. The maximum absolute atomic E-state index is 5.90. The van der Waals surface area contributed by atoms with Gasteiger partial charge in [-0.15, -0.1) is 0 Å². The van der Waals surface area contributed by atoms with Crippen LogP contribution in [0.5, 0.6) is 0 Å². The second-order valence-corrected chi connectivity index (χ2v) is 4.36. The van der Waals surface area contributed by atoms with Gasteiger partial charge in [-0.2, -0.15) is 5.10 Å². The minimum Gasteiger partial charge on any atom is -0.370 e. The molecule has 5 heteroatoms. The molecule has 0 bridgehead atoms. The van der Waals surface area contributed by atoms with Gasteiger partial charge >= 0.3 is 0 Å². The molecule has 15 heavy (non-hydrogen) atoms. The highest BCUT2D eigenvalue weighted by molar-refractivity contribution is 5.01. The summed E-state index contributed by atoms with van der Waals surface area (Å²) < 4.78 is 7.56. The van der Waals surface area contributed by atoms with Crippen molar-refractivity contribution in [3.05, 3.63) is 11.6 Å². The average Bonchev–Trinajstić information content (AvgIpc) is 2.84. The quantitative estimate of drug-likeness (QED) is 0.725. The number of aryl methyl sites for hydroxylation is 1. The number of hydrogen-bond donors (Lipinski definition) is 1. The summed E-state index contributed by atoms with van der Waals surface area (Å²) in [6.07, 6.45) is 4.14. The van der Waals surface area contributed by atoms with Gasteiger partial charge in [0.1, 0.15) is 11.9 Å². The molecule has 5 nitrogen and oxygen atoms in total. The fraction of sp³-hybridized carbons (Fsp3) is 0.800. The third-order valence-corrected chi connectivity index (χ3v) is 3.14. The number of rotatable bonds is 1. The Hall–Kier alpha value is -0.940. The molecule has 2 N–H and O–H groups in total. The molecular formula is C10H16N4O. The summed E-state index contributed by atoms with van der Waals surface area (Å²) in [5.74, 6) is 1.89. The molecule has 2 aliphatic heterocycles. The Labute approximate surface area is 88.6 Å². The summed E-state index contributed by atoms with van der Waals surface area (Å²) in [5, 5.41) is 4.49. The molecule has 1 aromatic heterocycles. The Kier molecular flexibility index (Phi) is 2.21. The fourth-order valence-electron chi connectivity index (χ4n) is 2.27. The largest absolute Gasteiger partial charge is 0.370 e. The number of nitrogens with zero attached hydrogens (tertiary/aromatic N) is 3. The maximum Gasteiger partial charge on any atom is 0.179 e. The molecule has 82 valence electrons. The summed E-state index contributed by atoms with van der Waals surface area (Å²) >= 11 is 0. The van der Waals surface area contributed by atoms with Crippen LogP contribution in [0.25, 0.3) is 0 Å². The van der Waals surface area contributed by atoms with Crippen molar-refractivity contribution in [2.45, 2.75) is 44.4 Å². The molecule has 0 radical (unpaired) electrons. The topological polar surface area (TPSA) is 66.0 Å². The summed E-state index contributed by atoms with van der Waals surface area (Å²) in [6.45, 7) is 1.74. The number of ether oxygens (including phenoxy) is 1. The Morgan fingerprint density at radius 3 is 3.13 bits per heavy atom. The van der Waals surface area contributed by atoms with Gasteiger partial charge in [-0.1, -0.05) is 0 Å². The predicted octanol–water partition coefficient (Wildman–Crippen LogP) is 0.403. The van der Waals surface area contributed by atoms with E-state index in [1.54, 1.807) is 0 Å². The fourth-order valence-corrected chi connectivity index (χ4v) is 2.27. The van der Waals surface area contributed by atoms with Gasteiger partial charge in [0.15, 0.2) is 5.82 Å². The van der Waals surface area contributed by atoms with E-state index in [1.165, 1.54) is 0 Å². The summed E-state index contributed by atoms with van der Waals surface area (Å²) in [5.41, 5.74) is 5.90. The summed E-state index contributed by atoms with van der Waals surface area (Å²) in [6, 6.07) is 0.249. The van der Waals surface area contributed by atoms with Gasteiger partial charge in [-0.25, -0.2) is 9.67 Å². The van der Waals surface area contributed by atoms with E-state index in [1.807, 2.05) is 4.68 Å². The van der Waals surface area contributed by atoms with Crippen molar-refractivity contribution in [2.24, 2.45) is 5.73 Å². The highest BCUT2D eigenvalue weighted by Gasteiger charge is 2.25. The van der Waals surface area contributed by atoms with E-state index in [-0.39, 0.29) is 12.1 Å². The lowest BCUT2D eigenvalue weighted by Crippen LogP contribution is -2.31. The van der Waals surface area contributed by atoms with Crippen molar-refractivity contribution in [2.75, 3.05) is 6.61 Å². The highest BCUT2D eigenvalue weighted by atomic mass is 16.5. The number of hydrogen-bond acceptors (Lipinski definition) is 4. The van der Waals surface area contributed by atoms with E-state index in [0.29, 0.717) is 0 Å². The maximum atomic E-state index is 5.90. The zero-order valence-electron chi connectivity index (χ0n) is 8.72. The summed E-state index contributed by atoms with van der Waals surface area (Å²) in [4.78, 5) is 4.53. The van der Waals surface area contributed by atoms with Crippen LogP contribution in [0.1, 0.15) is 37.0 Å². The zero-order chi connectivity index (χ0) is 10.3. The van der Waals surface area contributed by atoms with Crippen molar-refractivity contribution < 1.29 is 4.74 Å². The first-order chi connectivity index (χ1) is 7.33. The molecule has 1 saturated heterocycles. The monoisotopic (exact) mass is 208 g/mol. The Balaban J connectivity index is 1.85. The van der Waals surface area contributed by atoms with Crippen LogP contribution in [0.15, 0.2) is 0 Å². The third kappa shape index (κ3) is 1.66. The Morgan fingerprint density at radius 2 is 2.33 bits per heavy atom. The molecule has 0 aliphatic carbocycles. The van der Waals surface area contributed by atoms with Crippen LogP contribution in [0.3, 0.4) is 0 Å². The van der Waals surface area contributed by atoms with E-state index in [0.717, 1.165) is 50.5 Å². The molecule has 2 atom stereocenters. The summed E-state index contributed by atoms with van der Waals surface area (Å²) in [7, 11) is 0. The predicted molar refractivity (Wildman–Crippen MR) is 54.2 cm³/mol. The SMILES string of the molecule is NC1CCn2nc(C3CCCO3)nc2C1. The number of aromatic nitrogens is 3. The number of nitrogens with two attached hydrogens (primary N) is 1. The van der Waals surface area contributed by atoms with Gasteiger partial charge in [0, 0.05) is 25.6 Å². The minimum absolute atomic E-state index is 0.124. The van der Waals surface area contributed by atoms with Crippen LogP contribution < -0.4 is 5.73 Å². The lowest BCUT2D eigenvalue weighted by atomic mass is 10.1. The van der Waals surface area contributed by atoms with E-state index in [4.69, 9.17) is 10.5 Å². The van der Waals surface area contributed by atoms with Crippen LogP contribution in [0, 0.1) is 0 Å². The van der Waals surface area contributed by atoms with Gasteiger partial charge in [0.25, 0.3) is 0 Å². The normalized spacial score (nSPS) is 30.5. The van der Waals surface area contributed by atoms with E-state index >= 15 is 0 Å². The van der Waals surface area contributed by atoms with Crippen molar-refractivity contribution in [3.63, 3.8) is 0 Å². The highest BCUT2D eigenvalue weighted by Crippen LogP contribution is 2.26. The third-order valence-electron chi connectivity index (χ3n) is 3.14. The second kappa shape index (κ2) is 3.57. The van der Waals surface area contributed by atoms with Crippen molar-refractivity contribution >= 4 is 0 Å². The van der Waals surface area contributed by atoms with E-state index < -0.39 is 0 Å². The van der Waals surface area contributed by atoms with Gasteiger partial charge in [0.05, 0.1) is 0 Å². The van der Waals surface area contributed by atoms with Crippen molar-refractivity contribution in [1.82, 2.24) is 14.8 Å². The van der Waals surface area contributed by atoms with E-state index in [2.05, 4.69) is 10.1 Å². The molecule has 3 heterocycles. The van der Waals surface area contributed by atoms with Crippen LogP contribution in [0.4, 0.5) is 0 Å². The Morgan fingerprint density at radius 1 is 1.40 bits per heavy atom. The molecule has 3 rings (SSSR count). The minimum atomic E-state index is 0.124. The van der Waals surface area contributed by atoms with Gasteiger partial charge < -0.3 is 10.5 Å². The first-order valence-electron chi connectivity index (χ1n) is 5.64. The second-order valence-electron chi connectivity index (χ2n) is 4.36. The van der Waals surface area contributed by atoms with Crippen LogP contribution >= 0.6 is 0 Å². The Bertz CT molecular complexity index is 356. The molecule has 1 aromatic rings. The molecule has 2 unspecified atom stereocenters. The van der Waals surface area contributed by atoms with Gasteiger partial charge in [0.2, 0.25) is 0 Å².